The first kappa shape index (κ1) is 15.8. The molecule has 0 radical (unpaired) electrons. The van der Waals surface area contributed by atoms with Crippen LogP contribution in [0.5, 0.6) is 0 Å². The summed E-state index contributed by atoms with van der Waals surface area (Å²) in [6.45, 7) is 7.32. The van der Waals surface area contributed by atoms with Crippen LogP contribution in [0.3, 0.4) is 0 Å². The van der Waals surface area contributed by atoms with E-state index in [9.17, 15) is 4.79 Å². The van der Waals surface area contributed by atoms with Crippen molar-refractivity contribution in [2.75, 3.05) is 31.1 Å². The summed E-state index contributed by atoms with van der Waals surface area (Å²) in [5, 5.41) is 3.35. The highest BCUT2D eigenvalue weighted by Gasteiger charge is 2.25. The van der Waals surface area contributed by atoms with E-state index in [1.54, 1.807) is 0 Å². The van der Waals surface area contributed by atoms with Gasteiger partial charge in [-0.3, -0.25) is 4.79 Å². The first-order valence-corrected chi connectivity index (χ1v) is 8.53. The van der Waals surface area contributed by atoms with Gasteiger partial charge in [-0.15, -0.1) is 0 Å². The van der Waals surface area contributed by atoms with Crippen molar-refractivity contribution in [3.8, 4) is 0 Å². The molecule has 0 aliphatic carbocycles. The number of nitrogens with one attached hydrogen (secondary N) is 1. The zero-order chi connectivity index (χ0) is 13.2. The standard InChI is InChI=1S/C14H28N2OS/c1-3-5-10-18-11-7-14(17)16(9-4-2)13-6-8-15-12-13/h13,15H,3-12H2,1-2H3. The molecule has 106 valence electrons. The van der Waals surface area contributed by atoms with E-state index < -0.39 is 0 Å². The van der Waals surface area contributed by atoms with Crippen LogP contribution >= 0.6 is 11.8 Å². The maximum atomic E-state index is 12.2. The zero-order valence-electron chi connectivity index (χ0n) is 11.9. The number of nitrogens with zero attached hydrogens (tertiary/aromatic N) is 1. The van der Waals surface area contributed by atoms with Gasteiger partial charge in [-0.25, -0.2) is 0 Å². The van der Waals surface area contributed by atoms with Crippen LogP contribution < -0.4 is 5.32 Å². The van der Waals surface area contributed by atoms with E-state index in [1.807, 2.05) is 11.8 Å². The molecule has 4 heteroatoms. The number of unbranched alkanes of at least 4 members (excludes halogenated alkanes) is 1. The third-order valence-corrected chi connectivity index (χ3v) is 4.43. The number of carbonyl (C=O) groups excluding carboxylic acids is 1. The molecular formula is C14H28N2OS. The molecule has 1 atom stereocenters. The Hall–Kier alpha value is -0.220. The number of hydrogen-bond donors (Lipinski definition) is 1. The largest absolute Gasteiger partial charge is 0.338 e. The van der Waals surface area contributed by atoms with Gasteiger partial charge < -0.3 is 10.2 Å². The molecule has 0 aromatic rings. The molecule has 1 aliphatic heterocycles. The van der Waals surface area contributed by atoms with Crippen molar-refractivity contribution in [2.24, 2.45) is 0 Å². The molecule has 1 unspecified atom stereocenters. The van der Waals surface area contributed by atoms with Gasteiger partial charge >= 0.3 is 0 Å². The van der Waals surface area contributed by atoms with E-state index in [0.29, 0.717) is 18.4 Å². The minimum absolute atomic E-state index is 0.356. The van der Waals surface area contributed by atoms with Crippen LogP contribution in [0.1, 0.15) is 46.0 Å². The summed E-state index contributed by atoms with van der Waals surface area (Å²) in [5.74, 6) is 2.54. The van der Waals surface area contributed by atoms with Crippen LogP contribution in [0.2, 0.25) is 0 Å². The topological polar surface area (TPSA) is 32.3 Å². The monoisotopic (exact) mass is 272 g/mol. The Balaban J connectivity index is 2.25. The first-order valence-electron chi connectivity index (χ1n) is 7.37. The van der Waals surface area contributed by atoms with Crippen LogP contribution in [0, 0.1) is 0 Å². The number of rotatable bonds is 9. The molecule has 0 spiro atoms. The van der Waals surface area contributed by atoms with Gasteiger partial charge in [0, 0.05) is 31.3 Å². The Bertz CT molecular complexity index is 230. The summed E-state index contributed by atoms with van der Waals surface area (Å²) in [6.07, 6.45) is 5.41. The van der Waals surface area contributed by atoms with Gasteiger partial charge in [0.1, 0.15) is 0 Å². The van der Waals surface area contributed by atoms with E-state index >= 15 is 0 Å². The molecule has 0 aromatic carbocycles. The van der Waals surface area contributed by atoms with Gasteiger partial charge in [0.15, 0.2) is 0 Å². The molecule has 1 rings (SSSR count). The summed E-state index contributed by atoms with van der Waals surface area (Å²) in [5.41, 5.74) is 0. The number of carbonyl (C=O) groups is 1. The van der Waals surface area contributed by atoms with Gasteiger partial charge in [0.2, 0.25) is 5.91 Å². The van der Waals surface area contributed by atoms with E-state index in [1.165, 1.54) is 18.6 Å². The van der Waals surface area contributed by atoms with Gasteiger partial charge in [0.05, 0.1) is 0 Å². The Morgan fingerprint density at radius 3 is 2.78 bits per heavy atom. The van der Waals surface area contributed by atoms with Gasteiger partial charge in [-0.05, 0) is 31.6 Å². The Kier molecular flexibility index (Phi) is 8.51. The summed E-state index contributed by atoms with van der Waals surface area (Å²) in [7, 11) is 0. The number of thioether (sulfide) groups is 1. The average molecular weight is 272 g/mol. The lowest BCUT2D eigenvalue weighted by atomic mass is 10.2. The summed E-state index contributed by atoms with van der Waals surface area (Å²) in [6, 6.07) is 0.443. The minimum Gasteiger partial charge on any atom is -0.338 e. The molecule has 3 nitrogen and oxygen atoms in total. The summed E-state index contributed by atoms with van der Waals surface area (Å²) < 4.78 is 0. The molecule has 0 saturated carbocycles. The number of amides is 1. The highest BCUT2D eigenvalue weighted by atomic mass is 32.2. The van der Waals surface area contributed by atoms with Crippen LogP contribution in [0.25, 0.3) is 0 Å². The molecule has 18 heavy (non-hydrogen) atoms. The lowest BCUT2D eigenvalue weighted by Gasteiger charge is -2.28. The van der Waals surface area contributed by atoms with Gasteiger partial charge in [0.25, 0.3) is 0 Å². The van der Waals surface area contributed by atoms with Gasteiger partial charge in [-0.2, -0.15) is 11.8 Å². The molecular weight excluding hydrogens is 244 g/mol. The normalized spacial score (nSPS) is 19.1. The molecule has 1 heterocycles. The molecule has 1 saturated heterocycles. The van der Waals surface area contributed by atoms with E-state index in [2.05, 4.69) is 24.1 Å². The van der Waals surface area contributed by atoms with Crippen molar-refractivity contribution in [1.82, 2.24) is 10.2 Å². The van der Waals surface area contributed by atoms with E-state index in [-0.39, 0.29) is 0 Å². The highest BCUT2D eigenvalue weighted by Crippen LogP contribution is 2.13. The second kappa shape index (κ2) is 9.68. The van der Waals surface area contributed by atoms with Crippen molar-refractivity contribution in [1.29, 1.82) is 0 Å². The van der Waals surface area contributed by atoms with Gasteiger partial charge in [-0.1, -0.05) is 20.3 Å². The van der Waals surface area contributed by atoms with Crippen LogP contribution in [-0.2, 0) is 4.79 Å². The highest BCUT2D eigenvalue weighted by molar-refractivity contribution is 7.99. The molecule has 1 amide bonds. The van der Waals surface area contributed by atoms with E-state index in [4.69, 9.17) is 0 Å². The third kappa shape index (κ3) is 5.61. The van der Waals surface area contributed by atoms with Crippen molar-refractivity contribution >= 4 is 17.7 Å². The fourth-order valence-electron chi connectivity index (χ4n) is 2.31. The fourth-order valence-corrected chi connectivity index (χ4v) is 3.32. The SMILES string of the molecule is CCCCSCCC(=O)N(CCC)C1CCNC1. The molecule has 1 aliphatic rings. The quantitative estimate of drug-likeness (QED) is 0.655. The Morgan fingerprint density at radius 1 is 1.33 bits per heavy atom. The van der Waals surface area contributed by atoms with Crippen molar-refractivity contribution < 1.29 is 4.79 Å². The third-order valence-electron chi connectivity index (χ3n) is 3.36. The lowest BCUT2D eigenvalue weighted by Crippen LogP contribution is -2.42. The van der Waals surface area contributed by atoms with Crippen LogP contribution in [0.15, 0.2) is 0 Å². The molecule has 1 N–H and O–H groups in total. The molecule has 1 fully saturated rings. The van der Waals surface area contributed by atoms with Crippen molar-refractivity contribution in [3.63, 3.8) is 0 Å². The molecule has 0 bridgehead atoms. The maximum absolute atomic E-state index is 12.2. The van der Waals surface area contributed by atoms with E-state index in [0.717, 1.165) is 38.2 Å². The van der Waals surface area contributed by atoms with Crippen molar-refractivity contribution in [3.05, 3.63) is 0 Å². The second-order valence-corrected chi connectivity index (χ2v) is 6.17. The Labute approximate surface area is 116 Å². The second-order valence-electron chi connectivity index (χ2n) is 4.95. The Morgan fingerprint density at radius 2 is 2.17 bits per heavy atom. The maximum Gasteiger partial charge on any atom is 0.223 e. The summed E-state index contributed by atoms with van der Waals surface area (Å²) in [4.78, 5) is 14.3. The van der Waals surface area contributed by atoms with Crippen LogP contribution in [-0.4, -0.2) is 48.0 Å². The zero-order valence-corrected chi connectivity index (χ0v) is 12.7. The lowest BCUT2D eigenvalue weighted by molar-refractivity contribution is -0.132. The summed E-state index contributed by atoms with van der Waals surface area (Å²) >= 11 is 1.92. The predicted molar refractivity (Wildman–Crippen MR) is 80.1 cm³/mol. The number of hydrogen-bond acceptors (Lipinski definition) is 3. The minimum atomic E-state index is 0.356. The predicted octanol–water partition coefficient (Wildman–Crippen LogP) is 2.51. The van der Waals surface area contributed by atoms with Crippen LogP contribution in [0.4, 0.5) is 0 Å². The molecule has 0 aromatic heterocycles. The first-order chi connectivity index (χ1) is 8.79. The average Bonchev–Trinajstić information content (AvgIpc) is 2.89. The smallest absolute Gasteiger partial charge is 0.223 e. The van der Waals surface area contributed by atoms with Crippen molar-refractivity contribution in [2.45, 2.75) is 52.0 Å². The fraction of sp³-hybridized carbons (Fsp3) is 0.929.